The molecule has 1 aromatic rings. The van der Waals surface area contributed by atoms with E-state index in [1.807, 2.05) is 12.1 Å². The molecule has 1 aromatic carbocycles. The number of amides is 1. The minimum Gasteiger partial charge on any atom is -0.493 e. The van der Waals surface area contributed by atoms with E-state index in [2.05, 4.69) is 19.2 Å². The Kier molecular flexibility index (Phi) is 7.28. The molecular weight excluding hydrogens is 322 g/mol. The fourth-order valence-electron chi connectivity index (χ4n) is 3.21. The molecule has 0 unspecified atom stereocenters. The summed E-state index contributed by atoms with van der Waals surface area (Å²) in [6.07, 6.45) is 4.86. The van der Waals surface area contributed by atoms with Gasteiger partial charge in [-0.3, -0.25) is 4.79 Å². The SMILES string of the molecule is COc1cc(C)c(CSCC(=O)N[C@H]2CCCC[C@@H]2C)cc1OC. The highest BCUT2D eigenvalue weighted by Gasteiger charge is 2.22. The molecule has 1 N–H and O–H groups in total. The molecule has 0 aromatic heterocycles. The largest absolute Gasteiger partial charge is 0.493 e. The lowest BCUT2D eigenvalue weighted by Crippen LogP contribution is -2.41. The minimum absolute atomic E-state index is 0.150. The topological polar surface area (TPSA) is 47.6 Å². The Morgan fingerprint density at radius 2 is 1.88 bits per heavy atom. The summed E-state index contributed by atoms with van der Waals surface area (Å²) in [6, 6.07) is 4.34. The lowest BCUT2D eigenvalue weighted by Gasteiger charge is -2.29. The highest BCUT2D eigenvalue weighted by atomic mass is 32.2. The van der Waals surface area contributed by atoms with Gasteiger partial charge in [0.25, 0.3) is 0 Å². The van der Waals surface area contributed by atoms with Gasteiger partial charge in [-0.15, -0.1) is 11.8 Å². The second-order valence-corrected chi connectivity index (χ2v) is 7.55. The summed E-state index contributed by atoms with van der Waals surface area (Å²) in [5.41, 5.74) is 2.33. The Morgan fingerprint density at radius 1 is 1.21 bits per heavy atom. The summed E-state index contributed by atoms with van der Waals surface area (Å²) < 4.78 is 10.7. The van der Waals surface area contributed by atoms with E-state index in [1.54, 1.807) is 26.0 Å². The van der Waals surface area contributed by atoms with Crippen LogP contribution < -0.4 is 14.8 Å². The summed E-state index contributed by atoms with van der Waals surface area (Å²) >= 11 is 1.64. The van der Waals surface area contributed by atoms with E-state index in [-0.39, 0.29) is 5.91 Å². The fraction of sp³-hybridized carbons (Fsp3) is 0.632. The first-order valence-corrected chi connectivity index (χ1v) is 9.79. The number of nitrogens with one attached hydrogen (secondary N) is 1. The quantitative estimate of drug-likeness (QED) is 0.808. The van der Waals surface area contributed by atoms with Crippen LogP contribution in [-0.4, -0.2) is 31.9 Å². The molecule has 4 nitrogen and oxygen atoms in total. The number of hydrogen-bond donors (Lipinski definition) is 1. The highest BCUT2D eigenvalue weighted by Crippen LogP contribution is 2.32. The maximum atomic E-state index is 12.2. The van der Waals surface area contributed by atoms with Crippen molar-refractivity contribution in [2.45, 2.75) is 51.3 Å². The van der Waals surface area contributed by atoms with Crippen molar-refractivity contribution < 1.29 is 14.3 Å². The van der Waals surface area contributed by atoms with Gasteiger partial charge in [0.1, 0.15) is 0 Å². The van der Waals surface area contributed by atoms with Crippen molar-refractivity contribution in [1.82, 2.24) is 5.32 Å². The van der Waals surface area contributed by atoms with Crippen molar-refractivity contribution >= 4 is 17.7 Å². The van der Waals surface area contributed by atoms with Gasteiger partial charge in [-0.25, -0.2) is 0 Å². The van der Waals surface area contributed by atoms with Gasteiger partial charge in [0.15, 0.2) is 11.5 Å². The van der Waals surface area contributed by atoms with Crippen LogP contribution in [0.15, 0.2) is 12.1 Å². The summed E-state index contributed by atoms with van der Waals surface area (Å²) in [4.78, 5) is 12.2. The minimum atomic E-state index is 0.150. The second-order valence-electron chi connectivity index (χ2n) is 6.56. The smallest absolute Gasteiger partial charge is 0.230 e. The average Bonchev–Trinajstić information content (AvgIpc) is 2.58. The van der Waals surface area contributed by atoms with E-state index in [9.17, 15) is 4.79 Å². The molecule has 0 saturated heterocycles. The zero-order valence-corrected chi connectivity index (χ0v) is 16.0. The molecule has 134 valence electrons. The van der Waals surface area contributed by atoms with Crippen LogP contribution in [-0.2, 0) is 10.5 Å². The van der Waals surface area contributed by atoms with Gasteiger partial charge in [0.2, 0.25) is 5.91 Å². The van der Waals surface area contributed by atoms with Crippen molar-refractivity contribution in [2.24, 2.45) is 5.92 Å². The third kappa shape index (κ3) is 5.07. The predicted molar refractivity (Wildman–Crippen MR) is 100 cm³/mol. The van der Waals surface area contributed by atoms with Gasteiger partial charge in [-0.2, -0.15) is 0 Å². The molecule has 0 spiro atoms. The second kappa shape index (κ2) is 9.21. The van der Waals surface area contributed by atoms with E-state index in [1.165, 1.54) is 24.8 Å². The number of methoxy groups -OCH3 is 2. The number of ether oxygens (including phenoxy) is 2. The Morgan fingerprint density at radius 3 is 2.54 bits per heavy atom. The van der Waals surface area contributed by atoms with Crippen LogP contribution in [0, 0.1) is 12.8 Å². The molecular formula is C19H29NO3S. The van der Waals surface area contributed by atoms with Gasteiger partial charge in [-0.05, 0) is 48.9 Å². The number of thioether (sulfide) groups is 1. The van der Waals surface area contributed by atoms with Gasteiger partial charge in [-0.1, -0.05) is 19.8 Å². The molecule has 1 saturated carbocycles. The number of hydrogen-bond acceptors (Lipinski definition) is 4. The summed E-state index contributed by atoms with van der Waals surface area (Å²) in [5, 5.41) is 3.21. The van der Waals surface area contributed by atoms with Crippen molar-refractivity contribution in [3.63, 3.8) is 0 Å². The molecule has 1 amide bonds. The van der Waals surface area contributed by atoms with E-state index < -0.39 is 0 Å². The molecule has 0 heterocycles. The third-order valence-corrected chi connectivity index (χ3v) is 5.77. The van der Waals surface area contributed by atoms with Gasteiger partial charge in [0, 0.05) is 11.8 Å². The Bertz CT molecular complexity index is 562. The molecule has 1 fully saturated rings. The summed E-state index contributed by atoms with van der Waals surface area (Å²) in [6.45, 7) is 4.30. The molecule has 1 aliphatic rings. The molecule has 0 aliphatic heterocycles. The van der Waals surface area contributed by atoms with Crippen LogP contribution in [0.2, 0.25) is 0 Å². The maximum Gasteiger partial charge on any atom is 0.230 e. The molecule has 2 atom stereocenters. The predicted octanol–water partition coefficient (Wildman–Crippen LogP) is 3.94. The monoisotopic (exact) mass is 351 g/mol. The molecule has 24 heavy (non-hydrogen) atoms. The van der Waals surface area contributed by atoms with E-state index >= 15 is 0 Å². The summed E-state index contributed by atoms with van der Waals surface area (Å²) in [7, 11) is 3.28. The molecule has 5 heteroatoms. The number of carbonyl (C=O) groups excluding carboxylic acids is 1. The number of aryl methyl sites for hydroxylation is 1. The van der Waals surface area contributed by atoms with Crippen LogP contribution >= 0.6 is 11.8 Å². The van der Waals surface area contributed by atoms with Crippen molar-refractivity contribution in [1.29, 1.82) is 0 Å². The van der Waals surface area contributed by atoms with E-state index in [0.717, 1.165) is 29.2 Å². The summed E-state index contributed by atoms with van der Waals surface area (Å²) in [5.74, 6) is 3.52. The van der Waals surface area contributed by atoms with E-state index in [4.69, 9.17) is 9.47 Å². The van der Waals surface area contributed by atoms with Gasteiger partial charge in [0.05, 0.1) is 20.0 Å². The molecule has 0 radical (unpaired) electrons. The van der Waals surface area contributed by atoms with Crippen molar-refractivity contribution in [3.05, 3.63) is 23.3 Å². The third-order valence-electron chi connectivity index (χ3n) is 4.79. The zero-order valence-electron chi connectivity index (χ0n) is 15.2. The standard InChI is InChI=1S/C19H29NO3S/c1-13-7-5-6-8-16(13)20-19(21)12-24-11-15-10-18(23-4)17(22-3)9-14(15)2/h9-10,13,16H,5-8,11-12H2,1-4H3,(H,20,21)/t13-,16-/m0/s1. The van der Waals surface area contributed by atoms with Crippen LogP contribution in [0.5, 0.6) is 11.5 Å². The maximum absolute atomic E-state index is 12.2. The average molecular weight is 352 g/mol. The van der Waals surface area contributed by atoms with Crippen LogP contribution in [0.3, 0.4) is 0 Å². The Labute approximate surface area is 149 Å². The molecule has 1 aliphatic carbocycles. The van der Waals surface area contributed by atoms with Crippen molar-refractivity contribution in [3.8, 4) is 11.5 Å². The first-order valence-electron chi connectivity index (χ1n) is 8.63. The van der Waals surface area contributed by atoms with Crippen LogP contribution in [0.25, 0.3) is 0 Å². The van der Waals surface area contributed by atoms with Crippen LogP contribution in [0.4, 0.5) is 0 Å². The van der Waals surface area contributed by atoms with Crippen LogP contribution in [0.1, 0.15) is 43.7 Å². The number of benzene rings is 1. The molecule has 0 bridgehead atoms. The first-order chi connectivity index (χ1) is 11.5. The Balaban J connectivity index is 1.84. The normalized spacial score (nSPS) is 20.5. The highest BCUT2D eigenvalue weighted by molar-refractivity contribution is 7.99. The van der Waals surface area contributed by atoms with Gasteiger partial charge < -0.3 is 14.8 Å². The fourth-order valence-corrected chi connectivity index (χ4v) is 4.11. The van der Waals surface area contributed by atoms with Crippen molar-refractivity contribution in [2.75, 3.05) is 20.0 Å². The first kappa shape index (κ1) is 19.0. The Hall–Kier alpha value is -1.36. The lowest BCUT2D eigenvalue weighted by atomic mass is 9.86. The van der Waals surface area contributed by atoms with E-state index in [0.29, 0.717) is 17.7 Å². The van der Waals surface area contributed by atoms with Gasteiger partial charge >= 0.3 is 0 Å². The lowest BCUT2D eigenvalue weighted by molar-refractivity contribution is -0.119. The number of rotatable bonds is 7. The molecule has 2 rings (SSSR count). The number of carbonyl (C=O) groups is 1. The zero-order chi connectivity index (χ0) is 17.5.